The Hall–Kier alpha value is -1.82. The Balaban J connectivity index is 1.55. The second-order valence-corrected chi connectivity index (χ2v) is 7.11. The smallest absolute Gasteiger partial charge is 0.274 e. The number of methoxy groups -OCH3 is 1. The average Bonchev–Trinajstić information content (AvgIpc) is 3.01. The molecule has 1 aliphatic rings. The van der Waals surface area contributed by atoms with Gasteiger partial charge in [-0.3, -0.25) is 4.79 Å². The Morgan fingerprint density at radius 3 is 2.88 bits per heavy atom. The van der Waals surface area contributed by atoms with E-state index < -0.39 is 0 Å². The molecule has 24 heavy (non-hydrogen) atoms. The lowest BCUT2D eigenvalue weighted by atomic mass is 10.1. The van der Waals surface area contributed by atoms with Crippen LogP contribution in [-0.2, 0) is 4.79 Å². The van der Waals surface area contributed by atoms with Crippen molar-refractivity contribution < 1.29 is 14.3 Å². The summed E-state index contributed by atoms with van der Waals surface area (Å²) in [6.07, 6.45) is 4.59. The molecular weight excluding hydrogens is 324 g/mol. The number of ether oxygens (including phenoxy) is 2. The van der Waals surface area contributed by atoms with Crippen LogP contribution in [0.15, 0.2) is 18.2 Å². The molecule has 0 radical (unpaired) electrons. The summed E-state index contributed by atoms with van der Waals surface area (Å²) in [6.45, 7) is 3.68. The van der Waals surface area contributed by atoms with Gasteiger partial charge in [-0.05, 0) is 18.6 Å². The highest BCUT2D eigenvalue weighted by Gasteiger charge is 2.24. The number of thiazole rings is 1. The number of likely N-dealkylation sites (tertiary alicyclic amines) is 1. The molecule has 1 aromatic heterocycles. The molecule has 1 fully saturated rings. The highest BCUT2D eigenvalue weighted by atomic mass is 32.1. The maximum atomic E-state index is 12.1. The molecule has 0 saturated carbocycles. The highest BCUT2D eigenvalue weighted by Crippen LogP contribution is 2.31. The van der Waals surface area contributed by atoms with Gasteiger partial charge in [-0.25, -0.2) is 4.98 Å². The predicted molar refractivity (Wildman–Crippen MR) is 95.9 cm³/mol. The molecule has 0 spiro atoms. The summed E-state index contributed by atoms with van der Waals surface area (Å²) in [4.78, 5) is 18.6. The van der Waals surface area contributed by atoms with Gasteiger partial charge in [0.2, 0.25) is 5.91 Å². The minimum atomic E-state index is 0.141. The Morgan fingerprint density at radius 1 is 1.38 bits per heavy atom. The normalized spacial score (nSPS) is 15.7. The highest BCUT2D eigenvalue weighted by molar-refractivity contribution is 7.20. The van der Waals surface area contributed by atoms with E-state index in [-0.39, 0.29) is 12.0 Å². The molecule has 0 atom stereocenters. The van der Waals surface area contributed by atoms with E-state index >= 15 is 0 Å². The van der Waals surface area contributed by atoms with Gasteiger partial charge >= 0.3 is 0 Å². The third kappa shape index (κ3) is 3.98. The largest absolute Gasteiger partial charge is 0.497 e. The molecule has 1 aliphatic heterocycles. The number of piperidine rings is 1. The monoisotopic (exact) mass is 348 g/mol. The third-order valence-electron chi connectivity index (χ3n) is 4.38. The molecule has 0 bridgehead atoms. The van der Waals surface area contributed by atoms with Crippen molar-refractivity contribution in [3.63, 3.8) is 0 Å². The molecule has 6 heteroatoms. The van der Waals surface area contributed by atoms with Crippen molar-refractivity contribution in [1.82, 2.24) is 9.88 Å². The summed E-state index contributed by atoms with van der Waals surface area (Å²) >= 11 is 1.56. The van der Waals surface area contributed by atoms with E-state index in [4.69, 9.17) is 9.47 Å². The van der Waals surface area contributed by atoms with Crippen LogP contribution in [0.5, 0.6) is 10.9 Å². The number of aromatic nitrogens is 1. The summed E-state index contributed by atoms with van der Waals surface area (Å²) in [7, 11) is 1.65. The van der Waals surface area contributed by atoms with Gasteiger partial charge in [0.25, 0.3) is 5.19 Å². The van der Waals surface area contributed by atoms with Crippen molar-refractivity contribution in [2.75, 3.05) is 20.2 Å². The maximum Gasteiger partial charge on any atom is 0.274 e. The Labute approximate surface area is 146 Å². The number of nitrogens with zero attached hydrogens (tertiary/aromatic N) is 2. The molecule has 2 aromatic rings. The number of rotatable bonds is 6. The number of fused-ring (bicyclic) bond motifs is 1. The molecule has 0 unspecified atom stereocenters. The Morgan fingerprint density at radius 2 is 2.17 bits per heavy atom. The maximum absolute atomic E-state index is 12.1. The predicted octanol–water partition coefficient (Wildman–Crippen LogP) is 3.86. The molecule has 1 amide bonds. The number of carbonyl (C=O) groups excluding carboxylic acids is 1. The Bertz CT molecular complexity index is 693. The molecule has 2 heterocycles. The number of hydrogen-bond acceptors (Lipinski definition) is 5. The number of carbonyl (C=O) groups is 1. The van der Waals surface area contributed by atoms with Crippen LogP contribution in [-0.4, -0.2) is 42.1 Å². The van der Waals surface area contributed by atoms with Crippen LogP contribution >= 0.6 is 11.3 Å². The summed E-state index contributed by atoms with van der Waals surface area (Å²) < 4.78 is 12.4. The van der Waals surface area contributed by atoms with Gasteiger partial charge in [0, 0.05) is 38.4 Å². The topological polar surface area (TPSA) is 51.7 Å². The van der Waals surface area contributed by atoms with Gasteiger partial charge < -0.3 is 14.4 Å². The molecule has 3 rings (SSSR count). The zero-order valence-electron chi connectivity index (χ0n) is 14.3. The van der Waals surface area contributed by atoms with Crippen molar-refractivity contribution in [2.24, 2.45) is 0 Å². The zero-order valence-corrected chi connectivity index (χ0v) is 15.1. The fourth-order valence-electron chi connectivity index (χ4n) is 2.92. The standard InChI is InChI=1S/C18H24N2O3S/c1-3-4-5-17(21)20-10-8-13(9-11-20)23-18-19-15-12-14(22-2)6-7-16(15)24-18/h6-7,12-13H,3-5,8-11H2,1-2H3. The molecule has 1 saturated heterocycles. The first-order valence-electron chi connectivity index (χ1n) is 8.58. The van der Waals surface area contributed by atoms with Gasteiger partial charge in [0.05, 0.1) is 17.3 Å². The molecule has 130 valence electrons. The van der Waals surface area contributed by atoms with Gasteiger partial charge in [0.1, 0.15) is 11.9 Å². The van der Waals surface area contributed by atoms with Crippen LogP contribution in [0.4, 0.5) is 0 Å². The number of amides is 1. The van der Waals surface area contributed by atoms with E-state index in [0.29, 0.717) is 11.6 Å². The van der Waals surface area contributed by atoms with Crippen molar-refractivity contribution >= 4 is 27.5 Å². The van der Waals surface area contributed by atoms with Gasteiger partial charge in [-0.1, -0.05) is 24.7 Å². The van der Waals surface area contributed by atoms with Crippen LogP contribution in [0.3, 0.4) is 0 Å². The van der Waals surface area contributed by atoms with E-state index in [0.717, 1.165) is 54.7 Å². The molecular formula is C18H24N2O3S. The first kappa shape index (κ1) is 17.0. The SMILES string of the molecule is CCCCC(=O)N1CCC(Oc2nc3cc(OC)ccc3s2)CC1. The lowest BCUT2D eigenvalue weighted by Crippen LogP contribution is -2.41. The van der Waals surface area contributed by atoms with E-state index in [2.05, 4.69) is 11.9 Å². The first-order chi connectivity index (χ1) is 11.7. The molecule has 5 nitrogen and oxygen atoms in total. The fraction of sp³-hybridized carbons (Fsp3) is 0.556. The van der Waals surface area contributed by atoms with Crippen LogP contribution < -0.4 is 9.47 Å². The minimum Gasteiger partial charge on any atom is -0.497 e. The van der Waals surface area contributed by atoms with Crippen LogP contribution in [0.1, 0.15) is 39.0 Å². The summed E-state index contributed by atoms with van der Waals surface area (Å²) in [5.74, 6) is 1.08. The van der Waals surface area contributed by atoms with E-state index in [1.165, 1.54) is 0 Å². The number of hydrogen-bond donors (Lipinski definition) is 0. The molecule has 1 aromatic carbocycles. The van der Waals surface area contributed by atoms with Crippen molar-refractivity contribution in [3.8, 4) is 10.9 Å². The van der Waals surface area contributed by atoms with E-state index in [1.54, 1.807) is 18.4 Å². The number of benzene rings is 1. The molecule has 0 aliphatic carbocycles. The summed E-state index contributed by atoms with van der Waals surface area (Å²) in [5.41, 5.74) is 0.904. The van der Waals surface area contributed by atoms with Gasteiger partial charge in [-0.2, -0.15) is 0 Å². The second kappa shape index (κ2) is 7.83. The summed E-state index contributed by atoms with van der Waals surface area (Å²) in [6, 6.07) is 5.87. The number of unbranched alkanes of at least 4 members (excludes halogenated alkanes) is 1. The minimum absolute atomic E-state index is 0.141. The van der Waals surface area contributed by atoms with Crippen molar-refractivity contribution in [1.29, 1.82) is 0 Å². The van der Waals surface area contributed by atoms with Crippen molar-refractivity contribution in [2.45, 2.75) is 45.1 Å². The van der Waals surface area contributed by atoms with Crippen LogP contribution in [0, 0.1) is 0 Å². The fourth-order valence-corrected chi connectivity index (χ4v) is 3.78. The van der Waals surface area contributed by atoms with Crippen molar-refractivity contribution in [3.05, 3.63) is 18.2 Å². The first-order valence-corrected chi connectivity index (χ1v) is 9.40. The third-order valence-corrected chi connectivity index (χ3v) is 5.31. The summed E-state index contributed by atoms with van der Waals surface area (Å²) in [5, 5.41) is 0.703. The lowest BCUT2D eigenvalue weighted by Gasteiger charge is -2.31. The second-order valence-electron chi connectivity index (χ2n) is 6.11. The van der Waals surface area contributed by atoms with Gasteiger partial charge in [-0.15, -0.1) is 0 Å². The average molecular weight is 348 g/mol. The quantitative estimate of drug-likeness (QED) is 0.795. The van der Waals surface area contributed by atoms with E-state index in [9.17, 15) is 4.79 Å². The Kier molecular flexibility index (Phi) is 5.56. The van der Waals surface area contributed by atoms with Crippen LogP contribution in [0.25, 0.3) is 10.2 Å². The zero-order chi connectivity index (χ0) is 16.9. The lowest BCUT2D eigenvalue weighted by molar-refractivity contribution is -0.133. The van der Waals surface area contributed by atoms with Crippen LogP contribution in [0.2, 0.25) is 0 Å². The van der Waals surface area contributed by atoms with E-state index in [1.807, 2.05) is 23.1 Å². The van der Waals surface area contributed by atoms with Gasteiger partial charge in [0.15, 0.2) is 0 Å². The molecule has 0 N–H and O–H groups in total.